The highest BCUT2D eigenvalue weighted by atomic mass is 16.1. The standard InChI is InChI=1S/C18H18N4O/c19-15(10-12-4-2-1-3-5-12)18-21-11-16(22-18)13-6-8-14(9-7-13)17(20)23/h1-9,11,15H,10,19H2,(H2,20,23)(H,21,22)/t15-/m0/s1. The number of aromatic amines is 1. The van der Waals surface area contributed by atoms with Crippen LogP contribution in [-0.2, 0) is 6.42 Å². The second-order valence-corrected chi connectivity index (χ2v) is 5.41. The number of amides is 1. The van der Waals surface area contributed by atoms with E-state index >= 15 is 0 Å². The van der Waals surface area contributed by atoms with Gasteiger partial charge in [0.25, 0.3) is 0 Å². The fourth-order valence-electron chi connectivity index (χ4n) is 2.44. The van der Waals surface area contributed by atoms with Crippen molar-refractivity contribution < 1.29 is 4.79 Å². The first-order valence-electron chi connectivity index (χ1n) is 7.38. The molecule has 5 nitrogen and oxygen atoms in total. The number of carbonyl (C=O) groups is 1. The van der Waals surface area contributed by atoms with Crippen LogP contribution in [0.4, 0.5) is 0 Å². The Balaban J connectivity index is 1.76. The molecule has 0 bridgehead atoms. The van der Waals surface area contributed by atoms with Gasteiger partial charge in [-0.15, -0.1) is 0 Å². The predicted molar refractivity (Wildman–Crippen MR) is 89.6 cm³/mol. The first-order valence-corrected chi connectivity index (χ1v) is 7.38. The van der Waals surface area contributed by atoms with E-state index in [1.165, 1.54) is 5.56 Å². The van der Waals surface area contributed by atoms with Crippen molar-refractivity contribution in [1.82, 2.24) is 9.97 Å². The largest absolute Gasteiger partial charge is 0.366 e. The Morgan fingerprint density at radius 1 is 1.09 bits per heavy atom. The van der Waals surface area contributed by atoms with E-state index in [4.69, 9.17) is 11.5 Å². The van der Waals surface area contributed by atoms with Gasteiger partial charge in [0.05, 0.1) is 11.7 Å². The zero-order chi connectivity index (χ0) is 16.2. The van der Waals surface area contributed by atoms with Crippen LogP contribution in [0.1, 0.15) is 27.8 Å². The Hall–Kier alpha value is -2.92. The van der Waals surface area contributed by atoms with Crippen molar-refractivity contribution >= 4 is 5.91 Å². The number of primary amides is 1. The molecule has 116 valence electrons. The number of benzene rings is 2. The van der Waals surface area contributed by atoms with Crippen molar-refractivity contribution in [2.45, 2.75) is 12.5 Å². The van der Waals surface area contributed by atoms with Gasteiger partial charge >= 0.3 is 0 Å². The fraction of sp³-hybridized carbons (Fsp3) is 0.111. The lowest BCUT2D eigenvalue weighted by Crippen LogP contribution is -2.14. The molecule has 3 rings (SSSR count). The Morgan fingerprint density at radius 2 is 1.78 bits per heavy atom. The van der Waals surface area contributed by atoms with Crippen molar-refractivity contribution in [3.05, 3.63) is 77.7 Å². The molecule has 0 aliphatic rings. The number of rotatable bonds is 5. The van der Waals surface area contributed by atoms with Gasteiger partial charge in [-0.3, -0.25) is 4.79 Å². The van der Waals surface area contributed by atoms with E-state index in [2.05, 4.69) is 9.97 Å². The topological polar surface area (TPSA) is 97.8 Å². The van der Waals surface area contributed by atoms with Crippen LogP contribution in [0.25, 0.3) is 11.3 Å². The van der Waals surface area contributed by atoms with Gasteiger partial charge < -0.3 is 16.5 Å². The second kappa shape index (κ2) is 6.46. The Morgan fingerprint density at radius 3 is 2.43 bits per heavy atom. The summed E-state index contributed by atoms with van der Waals surface area (Å²) in [5.74, 6) is 0.298. The zero-order valence-corrected chi connectivity index (χ0v) is 12.6. The summed E-state index contributed by atoms with van der Waals surface area (Å²) in [6.07, 6.45) is 2.54. The van der Waals surface area contributed by atoms with Crippen LogP contribution < -0.4 is 11.5 Å². The van der Waals surface area contributed by atoms with Gasteiger partial charge in [0, 0.05) is 17.3 Å². The van der Waals surface area contributed by atoms with E-state index in [1.54, 1.807) is 12.1 Å². The molecule has 0 saturated heterocycles. The molecular weight excluding hydrogens is 288 g/mol. The summed E-state index contributed by atoms with van der Waals surface area (Å²) in [5.41, 5.74) is 14.8. The summed E-state index contributed by atoms with van der Waals surface area (Å²) in [6, 6.07) is 16.9. The third-order valence-corrected chi connectivity index (χ3v) is 3.71. The lowest BCUT2D eigenvalue weighted by molar-refractivity contribution is 0.100. The summed E-state index contributed by atoms with van der Waals surface area (Å²) in [6.45, 7) is 0. The molecule has 0 fully saturated rings. The Bertz CT molecular complexity index is 793. The molecule has 1 aromatic heterocycles. The Kier molecular flexibility index (Phi) is 4.21. The van der Waals surface area contributed by atoms with Gasteiger partial charge in [0.15, 0.2) is 0 Å². The maximum atomic E-state index is 11.1. The number of imidazole rings is 1. The average molecular weight is 306 g/mol. The summed E-state index contributed by atoms with van der Waals surface area (Å²) in [5, 5.41) is 0. The predicted octanol–water partition coefficient (Wildman–Crippen LogP) is 2.42. The lowest BCUT2D eigenvalue weighted by atomic mass is 10.1. The maximum absolute atomic E-state index is 11.1. The minimum absolute atomic E-state index is 0.198. The molecule has 0 spiro atoms. The summed E-state index contributed by atoms with van der Waals surface area (Å²) >= 11 is 0. The number of hydrogen-bond acceptors (Lipinski definition) is 3. The Labute approximate surface area is 134 Å². The summed E-state index contributed by atoms with van der Waals surface area (Å²) < 4.78 is 0. The average Bonchev–Trinajstić information content (AvgIpc) is 3.06. The molecule has 0 aliphatic heterocycles. The second-order valence-electron chi connectivity index (χ2n) is 5.41. The number of H-pyrrole nitrogens is 1. The van der Waals surface area contributed by atoms with E-state index in [0.717, 1.165) is 17.1 Å². The number of aromatic nitrogens is 2. The molecule has 5 N–H and O–H groups in total. The van der Waals surface area contributed by atoms with E-state index in [9.17, 15) is 4.79 Å². The van der Waals surface area contributed by atoms with E-state index in [1.807, 2.05) is 48.7 Å². The third kappa shape index (κ3) is 3.46. The minimum Gasteiger partial charge on any atom is -0.366 e. The quantitative estimate of drug-likeness (QED) is 0.675. The minimum atomic E-state index is -0.441. The molecular formula is C18H18N4O. The van der Waals surface area contributed by atoms with Crippen molar-refractivity contribution in [2.24, 2.45) is 11.5 Å². The van der Waals surface area contributed by atoms with E-state index in [-0.39, 0.29) is 6.04 Å². The van der Waals surface area contributed by atoms with Crippen molar-refractivity contribution in [2.75, 3.05) is 0 Å². The van der Waals surface area contributed by atoms with Crippen molar-refractivity contribution in [3.63, 3.8) is 0 Å². The fourth-order valence-corrected chi connectivity index (χ4v) is 2.44. The molecule has 1 heterocycles. The number of nitrogens with one attached hydrogen (secondary N) is 1. The van der Waals surface area contributed by atoms with Crippen LogP contribution >= 0.6 is 0 Å². The molecule has 3 aromatic rings. The molecule has 5 heteroatoms. The summed E-state index contributed by atoms with van der Waals surface area (Å²) in [7, 11) is 0. The van der Waals surface area contributed by atoms with E-state index in [0.29, 0.717) is 12.0 Å². The SMILES string of the molecule is NC(=O)c1ccc(-c2c[nH]c([C@@H](N)Cc3ccccc3)n2)cc1. The molecule has 0 saturated carbocycles. The van der Waals surface area contributed by atoms with Gasteiger partial charge in [-0.25, -0.2) is 4.98 Å². The van der Waals surface area contributed by atoms with Crippen LogP contribution in [0, 0.1) is 0 Å². The highest BCUT2D eigenvalue weighted by Gasteiger charge is 2.12. The number of carbonyl (C=O) groups excluding carboxylic acids is 1. The molecule has 0 radical (unpaired) electrons. The molecule has 23 heavy (non-hydrogen) atoms. The van der Waals surface area contributed by atoms with Gasteiger partial charge in [0.2, 0.25) is 5.91 Å². The first-order chi connectivity index (χ1) is 11.1. The normalized spacial score (nSPS) is 12.0. The molecule has 0 aliphatic carbocycles. The smallest absolute Gasteiger partial charge is 0.248 e. The van der Waals surface area contributed by atoms with Crippen LogP contribution in [0.2, 0.25) is 0 Å². The zero-order valence-electron chi connectivity index (χ0n) is 12.6. The number of nitrogens with zero attached hydrogens (tertiary/aromatic N) is 1. The van der Waals surface area contributed by atoms with Gasteiger partial charge in [-0.05, 0) is 24.1 Å². The first kappa shape index (κ1) is 15.0. The highest BCUT2D eigenvalue weighted by molar-refractivity contribution is 5.93. The van der Waals surface area contributed by atoms with Gasteiger partial charge in [-0.1, -0.05) is 42.5 Å². The van der Waals surface area contributed by atoms with Crippen LogP contribution in [-0.4, -0.2) is 15.9 Å². The van der Waals surface area contributed by atoms with Crippen molar-refractivity contribution in [3.8, 4) is 11.3 Å². The number of nitrogens with two attached hydrogens (primary N) is 2. The highest BCUT2D eigenvalue weighted by Crippen LogP contribution is 2.20. The van der Waals surface area contributed by atoms with Crippen LogP contribution in [0.3, 0.4) is 0 Å². The maximum Gasteiger partial charge on any atom is 0.248 e. The van der Waals surface area contributed by atoms with E-state index < -0.39 is 5.91 Å². The molecule has 1 atom stereocenters. The van der Waals surface area contributed by atoms with Gasteiger partial charge in [0.1, 0.15) is 5.82 Å². The van der Waals surface area contributed by atoms with Gasteiger partial charge in [-0.2, -0.15) is 0 Å². The monoisotopic (exact) mass is 306 g/mol. The summed E-state index contributed by atoms with van der Waals surface area (Å²) in [4.78, 5) is 18.8. The van der Waals surface area contributed by atoms with Crippen LogP contribution in [0.15, 0.2) is 60.8 Å². The molecule has 1 amide bonds. The van der Waals surface area contributed by atoms with Crippen LogP contribution in [0.5, 0.6) is 0 Å². The lowest BCUT2D eigenvalue weighted by Gasteiger charge is -2.08. The molecule has 0 unspecified atom stereocenters. The molecule has 2 aromatic carbocycles. The van der Waals surface area contributed by atoms with Crippen molar-refractivity contribution in [1.29, 1.82) is 0 Å². The third-order valence-electron chi connectivity index (χ3n) is 3.71. The number of hydrogen-bond donors (Lipinski definition) is 3.